The van der Waals surface area contributed by atoms with Crippen molar-refractivity contribution < 1.29 is 9.90 Å². The maximum Gasteiger partial charge on any atom is 0.209 e. The standard InChI is InChI=1S/C40H53ClN4O2.2ClH/c1-42(2)24-9-15-37-38-29-36(20-26-45(37)38)44(31-46)30-39(32-11-5-3-6-12-32,33-13-7-4-8-14-33)21-10-25-43-27-22-40(47,23-28-43)34-16-18-35(41)19-17-34;;/h3-8,11-14,16-19,31,36-38,47H,9-10,15,20-30H2,1-2H3;2*1H. The Morgan fingerprint density at radius 3 is 2.08 bits per heavy atom. The average molecular weight is 730 g/mol. The molecule has 268 valence electrons. The lowest BCUT2D eigenvalue weighted by molar-refractivity contribution is -0.121. The number of benzene rings is 3. The van der Waals surface area contributed by atoms with Crippen LogP contribution in [-0.2, 0) is 15.8 Å². The van der Waals surface area contributed by atoms with Crippen LogP contribution < -0.4 is 0 Å². The Morgan fingerprint density at radius 2 is 1.51 bits per heavy atom. The van der Waals surface area contributed by atoms with Gasteiger partial charge in [0.2, 0.25) is 6.41 Å². The lowest BCUT2D eigenvalue weighted by atomic mass is 9.70. The molecule has 4 unspecified atom stereocenters. The van der Waals surface area contributed by atoms with E-state index >= 15 is 0 Å². The van der Waals surface area contributed by atoms with E-state index in [1.165, 1.54) is 24.0 Å². The summed E-state index contributed by atoms with van der Waals surface area (Å²) < 4.78 is 0. The molecule has 3 saturated heterocycles. The van der Waals surface area contributed by atoms with E-state index in [0.29, 0.717) is 36.5 Å². The zero-order valence-corrected chi connectivity index (χ0v) is 31.5. The quantitative estimate of drug-likeness (QED) is 0.132. The minimum atomic E-state index is -0.800. The number of carbonyl (C=O) groups is 1. The summed E-state index contributed by atoms with van der Waals surface area (Å²) in [4.78, 5) is 22.6. The molecule has 0 radical (unpaired) electrons. The molecule has 49 heavy (non-hydrogen) atoms. The van der Waals surface area contributed by atoms with Crippen LogP contribution in [0.3, 0.4) is 0 Å². The van der Waals surface area contributed by atoms with Gasteiger partial charge in [-0.2, -0.15) is 0 Å². The van der Waals surface area contributed by atoms with Crippen molar-refractivity contribution >= 4 is 42.8 Å². The Hall–Kier alpha value is -2.16. The lowest BCUT2D eigenvalue weighted by Gasteiger charge is -2.43. The van der Waals surface area contributed by atoms with Gasteiger partial charge in [-0.15, -0.1) is 24.8 Å². The van der Waals surface area contributed by atoms with Gasteiger partial charge in [0.1, 0.15) is 0 Å². The molecular formula is C40H55Cl3N4O2. The van der Waals surface area contributed by atoms with Crippen LogP contribution in [0.25, 0.3) is 0 Å². The topological polar surface area (TPSA) is 50.0 Å². The summed E-state index contributed by atoms with van der Waals surface area (Å²) in [5.74, 6) is 0. The van der Waals surface area contributed by atoms with Gasteiger partial charge < -0.3 is 19.8 Å². The van der Waals surface area contributed by atoms with Crippen molar-refractivity contribution in [2.75, 3.05) is 53.4 Å². The molecule has 6 nitrogen and oxygen atoms in total. The Labute approximate surface area is 311 Å². The molecule has 4 atom stereocenters. The van der Waals surface area contributed by atoms with Gasteiger partial charge in [0.05, 0.1) is 5.60 Å². The van der Waals surface area contributed by atoms with Crippen molar-refractivity contribution in [2.45, 2.75) is 80.5 Å². The first-order valence-electron chi connectivity index (χ1n) is 17.7. The van der Waals surface area contributed by atoms with E-state index in [1.807, 2.05) is 24.3 Å². The fraction of sp³-hybridized carbons (Fsp3) is 0.525. The third-order valence-corrected chi connectivity index (χ3v) is 11.7. The number of fused-ring (bicyclic) bond motifs is 1. The van der Waals surface area contributed by atoms with Gasteiger partial charge in [0.15, 0.2) is 0 Å². The van der Waals surface area contributed by atoms with Crippen LogP contribution in [-0.4, -0.2) is 103 Å². The fourth-order valence-corrected chi connectivity index (χ4v) is 8.71. The molecule has 3 aromatic rings. The number of hydrogen-bond acceptors (Lipinski definition) is 5. The van der Waals surface area contributed by atoms with Crippen molar-refractivity contribution in [1.29, 1.82) is 0 Å². The Kier molecular flexibility index (Phi) is 14.4. The zero-order chi connectivity index (χ0) is 32.9. The van der Waals surface area contributed by atoms with E-state index in [0.717, 1.165) is 70.4 Å². The first-order valence-corrected chi connectivity index (χ1v) is 18.1. The van der Waals surface area contributed by atoms with Crippen molar-refractivity contribution in [2.24, 2.45) is 0 Å². The number of rotatable bonds is 15. The average Bonchev–Trinajstić information content (AvgIpc) is 3.79. The molecule has 3 aromatic carbocycles. The molecule has 0 spiro atoms. The summed E-state index contributed by atoms with van der Waals surface area (Å²) in [5, 5.41) is 12.1. The summed E-state index contributed by atoms with van der Waals surface area (Å²) in [5.41, 5.74) is 2.40. The van der Waals surface area contributed by atoms with Crippen molar-refractivity contribution in [3.05, 3.63) is 107 Å². The highest BCUT2D eigenvalue weighted by molar-refractivity contribution is 6.30. The van der Waals surface area contributed by atoms with Gasteiger partial charge in [-0.05, 0) is 107 Å². The Morgan fingerprint density at radius 1 is 0.898 bits per heavy atom. The minimum Gasteiger partial charge on any atom is -0.385 e. The number of piperidine rings is 2. The van der Waals surface area contributed by atoms with Crippen LogP contribution in [0, 0.1) is 0 Å². The largest absolute Gasteiger partial charge is 0.385 e. The molecule has 9 heteroatoms. The molecule has 3 fully saturated rings. The minimum absolute atomic E-state index is 0. The normalized spacial score (nSPS) is 23.1. The van der Waals surface area contributed by atoms with E-state index in [9.17, 15) is 9.90 Å². The smallest absolute Gasteiger partial charge is 0.209 e. The maximum absolute atomic E-state index is 13.0. The summed E-state index contributed by atoms with van der Waals surface area (Å²) in [7, 11) is 4.30. The lowest BCUT2D eigenvalue weighted by Crippen LogP contribution is -2.48. The number of likely N-dealkylation sites (tertiary alicyclic amines) is 1. The summed E-state index contributed by atoms with van der Waals surface area (Å²) in [6.07, 6.45) is 9.13. The zero-order valence-electron chi connectivity index (χ0n) is 29.1. The number of nitrogens with zero attached hydrogens (tertiary/aromatic N) is 4. The number of aliphatic hydroxyl groups is 1. The number of carbonyl (C=O) groups excluding carboxylic acids is 1. The van der Waals surface area contributed by atoms with E-state index < -0.39 is 5.60 Å². The second-order valence-corrected chi connectivity index (χ2v) is 15.0. The molecule has 3 aliphatic rings. The van der Waals surface area contributed by atoms with Crippen LogP contribution in [0.2, 0.25) is 5.02 Å². The number of halogens is 3. The summed E-state index contributed by atoms with van der Waals surface area (Å²) in [6.45, 7) is 5.60. The molecule has 1 N–H and O–H groups in total. The first-order chi connectivity index (χ1) is 22.8. The van der Waals surface area contributed by atoms with Gasteiger partial charge in [-0.25, -0.2) is 0 Å². The van der Waals surface area contributed by atoms with Crippen molar-refractivity contribution in [3.8, 4) is 0 Å². The molecule has 0 aliphatic carbocycles. The van der Waals surface area contributed by atoms with E-state index in [-0.39, 0.29) is 36.3 Å². The molecular weight excluding hydrogens is 675 g/mol. The second-order valence-electron chi connectivity index (χ2n) is 14.6. The molecule has 3 aliphatic heterocycles. The van der Waals surface area contributed by atoms with Crippen molar-refractivity contribution in [1.82, 2.24) is 19.6 Å². The predicted molar refractivity (Wildman–Crippen MR) is 206 cm³/mol. The SMILES string of the molecule is CN(C)CCCC1C2CC(N(C=O)CC(CCCN3CCC(O)(c4ccc(Cl)cc4)CC3)(c3ccccc3)c3ccccc3)CCN12.Cl.Cl. The van der Waals surface area contributed by atoms with E-state index in [4.69, 9.17) is 11.6 Å². The summed E-state index contributed by atoms with van der Waals surface area (Å²) >= 11 is 6.11. The molecule has 0 aromatic heterocycles. The van der Waals surface area contributed by atoms with Crippen LogP contribution in [0.1, 0.15) is 68.1 Å². The molecule has 6 rings (SSSR count). The van der Waals surface area contributed by atoms with E-state index in [2.05, 4.69) is 94.4 Å². The first kappa shape index (κ1) is 39.6. The van der Waals surface area contributed by atoms with E-state index in [1.54, 1.807) is 0 Å². The van der Waals surface area contributed by atoms with Gasteiger partial charge in [-0.3, -0.25) is 9.69 Å². The molecule has 0 bridgehead atoms. The Bertz CT molecular complexity index is 1380. The third-order valence-electron chi connectivity index (χ3n) is 11.4. The van der Waals surface area contributed by atoms with Gasteiger partial charge in [-0.1, -0.05) is 84.4 Å². The maximum atomic E-state index is 13.0. The van der Waals surface area contributed by atoms with Crippen LogP contribution in [0.5, 0.6) is 0 Å². The number of amides is 1. The van der Waals surface area contributed by atoms with Gasteiger partial charge >= 0.3 is 0 Å². The highest BCUT2D eigenvalue weighted by Gasteiger charge is 2.51. The monoisotopic (exact) mass is 728 g/mol. The highest BCUT2D eigenvalue weighted by Crippen LogP contribution is 2.43. The molecule has 0 saturated carbocycles. The predicted octanol–water partition coefficient (Wildman–Crippen LogP) is 7.25. The number of hydrogen-bond donors (Lipinski definition) is 1. The Balaban J connectivity index is 0.00000270. The second kappa shape index (κ2) is 17.9. The molecule has 1 amide bonds. The summed E-state index contributed by atoms with van der Waals surface area (Å²) in [6, 6.07) is 31.0. The third kappa shape index (κ3) is 9.39. The van der Waals surface area contributed by atoms with Gasteiger partial charge in [0.25, 0.3) is 0 Å². The highest BCUT2D eigenvalue weighted by atomic mass is 35.5. The van der Waals surface area contributed by atoms with Crippen molar-refractivity contribution in [3.63, 3.8) is 0 Å². The van der Waals surface area contributed by atoms with Crippen LogP contribution >= 0.6 is 36.4 Å². The molecule has 3 heterocycles. The van der Waals surface area contributed by atoms with Gasteiger partial charge in [0, 0.05) is 54.7 Å². The fourth-order valence-electron chi connectivity index (χ4n) is 8.58. The van der Waals surface area contributed by atoms with Crippen LogP contribution in [0.15, 0.2) is 84.9 Å². The van der Waals surface area contributed by atoms with Crippen LogP contribution in [0.4, 0.5) is 0 Å².